The lowest BCUT2D eigenvalue weighted by Crippen LogP contribution is -2.42. The van der Waals surface area contributed by atoms with Gasteiger partial charge in [0.25, 0.3) is 23.6 Å². The first kappa shape index (κ1) is 40.0. The van der Waals surface area contributed by atoms with Crippen molar-refractivity contribution in [3.05, 3.63) is 148 Å². The Kier molecular flexibility index (Phi) is 9.22. The van der Waals surface area contributed by atoms with E-state index in [4.69, 9.17) is 9.47 Å². The number of fused-ring (bicyclic) bond motifs is 2. The molecule has 2 aliphatic rings. The van der Waals surface area contributed by atoms with Crippen molar-refractivity contribution in [1.82, 2.24) is 0 Å². The summed E-state index contributed by atoms with van der Waals surface area (Å²) in [5, 5.41) is 5.55. The number of carbonyl (C=O) groups is 4. The van der Waals surface area contributed by atoms with Gasteiger partial charge in [-0.15, -0.1) is 0 Å². The van der Waals surface area contributed by atoms with Gasteiger partial charge in [0.2, 0.25) is 0 Å². The van der Waals surface area contributed by atoms with E-state index in [-0.39, 0.29) is 35.5 Å². The number of hydrogen-bond donors (Lipinski definition) is 0. The van der Waals surface area contributed by atoms with E-state index in [0.29, 0.717) is 72.4 Å². The van der Waals surface area contributed by atoms with E-state index < -0.39 is 11.8 Å². The van der Waals surface area contributed by atoms with Crippen LogP contribution in [0, 0.1) is 0 Å². The summed E-state index contributed by atoms with van der Waals surface area (Å²) in [7, 11) is 1.60. The molecule has 8 heteroatoms. The fourth-order valence-electron chi connectivity index (χ4n) is 10.1. The Balaban J connectivity index is 1.27. The van der Waals surface area contributed by atoms with Gasteiger partial charge in [-0.3, -0.25) is 19.2 Å². The van der Waals surface area contributed by atoms with Crippen molar-refractivity contribution < 1.29 is 28.7 Å². The van der Waals surface area contributed by atoms with E-state index in [1.165, 1.54) is 9.80 Å². The fraction of sp³-hybridized carbons (Fsp3) is 0.236. The second-order valence-corrected chi connectivity index (χ2v) is 18.1. The molecule has 0 saturated carbocycles. The van der Waals surface area contributed by atoms with Crippen LogP contribution in [0.3, 0.4) is 0 Å². The van der Waals surface area contributed by atoms with Crippen LogP contribution in [-0.2, 0) is 0 Å². The van der Waals surface area contributed by atoms with Gasteiger partial charge in [0.15, 0.2) is 0 Å². The first-order chi connectivity index (χ1) is 30.2. The molecular formula is C55H48N2O6. The summed E-state index contributed by atoms with van der Waals surface area (Å²) in [6.07, 6.45) is 0. The Bertz CT molecular complexity index is 3210. The monoisotopic (exact) mass is 832 g/mol. The maximum Gasteiger partial charge on any atom is 0.266 e. The quantitative estimate of drug-likeness (QED) is 0.0817. The van der Waals surface area contributed by atoms with Crippen molar-refractivity contribution in [1.29, 1.82) is 0 Å². The Hall–Kier alpha value is -7.06. The van der Waals surface area contributed by atoms with E-state index in [9.17, 15) is 9.59 Å². The van der Waals surface area contributed by atoms with Crippen LogP contribution < -0.4 is 19.3 Å². The number of ether oxygens (including phenoxy) is 2. The highest BCUT2D eigenvalue weighted by Gasteiger charge is 2.41. The van der Waals surface area contributed by atoms with Crippen LogP contribution in [0.5, 0.6) is 17.2 Å². The predicted octanol–water partition coefficient (Wildman–Crippen LogP) is 13.6. The van der Waals surface area contributed by atoms with Gasteiger partial charge in [-0.05, 0) is 116 Å². The van der Waals surface area contributed by atoms with Gasteiger partial charge < -0.3 is 9.47 Å². The lowest BCUT2D eigenvalue weighted by Gasteiger charge is -2.34. The number of benzene rings is 8. The van der Waals surface area contributed by atoms with Crippen molar-refractivity contribution in [2.75, 3.05) is 16.9 Å². The van der Waals surface area contributed by atoms with Gasteiger partial charge in [-0.2, -0.15) is 0 Å². The van der Waals surface area contributed by atoms with Crippen LogP contribution in [0.2, 0.25) is 0 Å². The van der Waals surface area contributed by atoms with E-state index in [0.717, 1.165) is 43.8 Å². The molecule has 0 bridgehead atoms. The Labute approximate surface area is 366 Å². The number of carbonyl (C=O) groups excluding carboxylic acids is 4. The summed E-state index contributed by atoms with van der Waals surface area (Å²) < 4.78 is 12.3. The first-order valence-corrected chi connectivity index (χ1v) is 21.8. The molecule has 0 aromatic heterocycles. The average molecular weight is 833 g/mol. The van der Waals surface area contributed by atoms with Crippen molar-refractivity contribution in [2.45, 2.75) is 79.1 Å². The number of anilines is 2. The van der Waals surface area contributed by atoms with Crippen molar-refractivity contribution in [3.63, 3.8) is 0 Å². The molecule has 8 nitrogen and oxygen atoms in total. The molecule has 2 aliphatic heterocycles. The minimum Gasteiger partial charge on any atom is -0.497 e. The zero-order valence-corrected chi connectivity index (χ0v) is 37.0. The Morgan fingerprint density at radius 1 is 0.397 bits per heavy atom. The highest BCUT2D eigenvalue weighted by molar-refractivity contribution is 6.46. The van der Waals surface area contributed by atoms with Gasteiger partial charge in [0, 0.05) is 38.2 Å². The SMILES string of the molecule is COc1ccc(Oc2cc3c4c(ccc5c6ccc7c8c(ccc(c2c45)c86)C(=O)N(c2c(C(C)C)cccc2C(C)C)C7=O)C(=O)N(c2c(C(C)C)cccc2C(C)C)C3=O)cc1. The second kappa shape index (κ2) is 14.5. The molecule has 10 rings (SSSR count). The second-order valence-electron chi connectivity index (χ2n) is 18.1. The van der Waals surface area contributed by atoms with Crippen LogP contribution in [-0.4, -0.2) is 30.7 Å². The molecule has 0 atom stereocenters. The number of rotatable bonds is 9. The van der Waals surface area contributed by atoms with Gasteiger partial charge in [-0.1, -0.05) is 110 Å². The maximum atomic E-state index is 15.3. The van der Waals surface area contributed by atoms with E-state index >= 15 is 9.59 Å². The van der Waals surface area contributed by atoms with E-state index in [1.54, 1.807) is 13.2 Å². The van der Waals surface area contributed by atoms with Gasteiger partial charge in [0.1, 0.15) is 17.2 Å². The molecule has 0 saturated heterocycles. The number of nitrogens with zero attached hydrogens (tertiary/aromatic N) is 2. The number of amides is 4. The van der Waals surface area contributed by atoms with Crippen LogP contribution >= 0.6 is 0 Å². The molecule has 0 unspecified atom stereocenters. The zero-order valence-electron chi connectivity index (χ0n) is 37.0. The van der Waals surface area contributed by atoms with Crippen LogP contribution in [0.25, 0.3) is 43.1 Å². The summed E-state index contributed by atoms with van der Waals surface area (Å²) in [4.78, 5) is 63.0. The third kappa shape index (κ3) is 5.73. The van der Waals surface area contributed by atoms with Crippen molar-refractivity contribution >= 4 is 78.1 Å². The minimum absolute atomic E-state index is 0.0386. The molecule has 0 N–H and O–H groups in total. The molecule has 314 valence electrons. The Morgan fingerprint density at radius 2 is 0.778 bits per heavy atom. The van der Waals surface area contributed by atoms with E-state index in [1.807, 2.05) is 97.1 Å². The number of methoxy groups -OCH3 is 1. The molecule has 8 aromatic rings. The molecule has 4 amide bonds. The van der Waals surface area contributed by atoms with Crippen molar-refractivity contribution in [3.8, 4) is 17.2 Å². The fourth-order valence-corrected chi connectivity index (χ4v) is 10.1. The van der Waals surface area contributed by atoms with Crippen molar-refractivity contribution in [2.24, 2.45) is 0 Å². The number of hydrogen-bond acceptors (Lipinski definition) is 6. The van der Waals surface area contributed by atoms with Crippen LogP contribution in [0.15, 0.2) is 103 Å². The molecule has 0 radical (unpaired) electrons. The molecule has 0 spiro atoms. The molecule has 63 heavy (non-hydrogen) atoms. The molecule has 0 aliphatic carbocycles. The number of imide groups is 2. The standard InChI is InChI=1S/C55H48N2O6/c1-27(2)33-12-10-13-34(28(3)4)50(33)56-52(58)40-23-20-37-38-21-24-42-47-43(55(61)57(54(42)60)51-35(29(5)6)14-11-15-36(51)30(7)8)26-44(63-32-18-16-31(62-9)17-19-32)48(49(38)47)39-22-25-41(53(56)59)46(40)45(37)39/h10-30H,1-9H3. The first-order valence-electron chi connectivity index (χ1n) is 21.8. The van der Waals surface area contributed by atoms with Gasteiger partial charge in [0.05, 0.1) is 24.0 Å². The summed E-state index contributed by atoms with van der Waals surface area (Å²) >= 11 is 0. The largest absolute Gasteiger partial charge is 0.497 e. The molecule has 2 heterocycles. The lowest BCUT2D eigenvalue weighted by atomic mass is 9.81. The van der Waals surface area contributed by atoms with Crippen LogP contribution in [0.1, 0.15) is 143 Å². The zero-order chi connectivity index (χ0) is 44.3. The molecule has 0 fully saturated rings. The predicted molar refractivity (Wildman–Crippen MR) is 252 cm³/mol. The summed E-state index contributed by atoms with van der Waals surface area (Å²) in [6.45, 7) is 16.6. The normalized spacial score (nSPS) is 14.1. The summed E-state index contributed by atoms with van der Waals surface area (Å²) in [6, 6.07) is 32.2. The lowest BCUT2D eigenvalue weighted by molar-refractivity contribution is 0.0877. The van der Waals surface area contributed by atoms with Gasteiger partial charge in [-0.25, -0.2) is 9.80 Å². The average Bonchev–Trinajstić information content (AvgIpc) is 3.27. The molecule has 8 aromatic carbocycles. The number of para-hydroxylation sites is 2. The van der Waals surface area contributed by atoms with Crippen LogP contribution in [0.4, 0.5) is 11.4 Å². The van der Waals surface area contributed by atoms with Gasteiger partial charge >= 0.3 is 0 Å². The summed E-state index contributed by atoms with van der Waals surface area (Å²) in [5.41, 5.74) is 6.58. The Morgan fingerprint density at radius 3 is 1.21 bits per heavy atom. The molecular weight excluding hydrogens is 785 g/mol. The maximum absolute atomic E-state index is 15.3. The van der Waals surface area contributed by atoms with E-state index in [2.05, 4.69) is 55.4 Å². The smallest absolute Gasteiger partial charge is 0.266 e. The third-order valence-corrected chi connectivity index (χ3v) is 13.1. The summed E-state index contributed by atoms with van der Waals surface area (Å²) in [5.74, 6) is 0.196. The minimum atomic E-state index is -0.430. The highest BCUT2D eigenvalue weighted by Crippen LogP contribution is 2.52. The third-order valence-electron chi connectivity index (χ3n) is 13.1. The topological polar surface area (TPSA) is 93.2 Å². The highest BCUT2D eigenvalue weighted by atomic mass is 16.5.